The van der Waals surface area contributed by atoms with Crippen molar-refractivity contribution < 1.29 is 23.8 Å². The van der Waals surface area contributed by atoms with Crippen LogP contribution in [-0.2, 0) is 23.8 Å². The van der Waals surface area contributed by atoms with Crippen molar-refractivity contribution in [3.63, 3.8) is 0 Å². The molecule has 0 aromatic carbocycles. The molecule has 1 rings (SSSR count). The summed E-state index contributed by atoms with van der Waals surface area (Å²) >= 11 is 0. The molecule has 1 heterocycles. The van der Waals surface area contributed by atoms with Gasteiger partial charge in [0, 0.05) is 5.57 Å². The van der Waals surface area contributed by atoms with Crippen LogP contribution < -0.4 is 0 Å². The number of hydrogen-bond acceptors (Lipinski definition) is 5. The SMILES string of the molecule is CC=C(CC)C(=O)OC=C(C)C(=O)OCC1CO1. The Labute approximate surface area is 106 Å². The van der Waals surface area contributed by atoms with E-state index in [1.807, 2.05) is 6.92 Å². The van der Waals surface area contributed by atoms with E-state index in [0.29, 0.717) is 18.6 Å². The molecule has 0 bridgehead atoms. The van der Waals surface area contributed by atoms with Gasteiger partial charge in [-0.2, -0.15) is 0 Å². The summed E-state index contributed by atoms with van der Waals surface area (Å²) < 4.78 is 14.7. The zero-order valence-corrected chi connectivity index (χ0v) is 10.9. The highest BCUT2D eigenvalue weighted by molar-refractivity contribution is 5.90. The molecule has 0 N–H and O–H groups in total. The van der Waals surface area contributed by atoms with Crippen LogP contribution in [0.25, 0.3) is 0 Å². The van der Waals surface area contributed by atoms with Crippen LogP contribution in [0.5, 0.6) is 0 Å². The molecule has 1 unspecified atom stereocenters. The van der Waals surface area contributed by atoms with E-state index in [0.717, 1.165) is 6.26 Å². The standard InChI is InChI=1S/C13H18O5/c1-4-10(5-2)13(15)17-6-9(3)12(14)18-8-11-7-16-11/h4,6,11H,5,7-8H2,1-3H3. The highest BCUT2D eigenvalue weighted by Crippen LogP contribution is 2.10. The maximum absolute atomic E-state index is 11.5. The maximum Gasteiger partial charge on any atom is 0.338 e. The minimum absolute atomic E-state index is 0.0269. The van der Waals surface area contributed by atoms with Gasteiger partial charge in [-0.15, -0.1) is 0 Å². The van der Waals surface area contributed by atoms with Gasteiger partial charge in [-0.1, -0.05) is 13.0 Å². The van der Waals surface area contributed by atoms with E-state index in [2.05, 4.69) is 0 Å². The molecule has 0 aromatic heterocycles. The highest BCUT2D eigenvalue weighted by Gasteiger charge is 2.24. The first kappa shape index (κ1) is 14.4. The van der Waals surface area contributed by atoms with E-state index >= 15 is 0 Å². The molecule has 0 aromatic rings. The van der Waals surface area contributed by atoms with Crippen molar-refractivity contribution in [2.75, 3.05) is 13.2 Å². The van der Waals surface area contributed by atoms with E-state index in [9.17, 15) is 9.59 Å². The van der Waals surface area contributed by atoms with Crippen molar-refractivity contribution >= 4 is 11.9 Å². The van der Waals surface area contributed by atoms with Crippen LogP contribution in [0.3, 0.4) is 0 Å². The molecule has 1 fully saturated rings. The normalized spacial score (nSPS) is 19.4. The number of hydrogen-bond donors (Lipinski definition) is 0. The van der Waals surface area contributed by atoms with E-state index in [-0.39, 0.29) is 18.3 Å². The van der Waals surface area contributed by atoms with Gasteiger partial charge in [0.05, 0.1) is 12.2 Å². The lowest BCUT2D eigenvalue weighted by atomic mass is 10.2. The molecule has 0 amide bonds. The molecule has 0 radical (unpaired) electrons. The summed E-state index contributed by atoms with van der Waals surface area (Å²) in [6.45, 7) is 6.03. The Hall–Kier alpha value is -1.62. The molecule has 1 aliphatic rings. The fraction of sp³-hybridized carbons (Fsp3) is 0.538. The Morgan fingerprint density at radius 1 is 1.39 bits per heavy atom. The van der Waals surface area contributed by atoms with Crippen molar-refractivity contribution in [2.45, 2.75) is 33.3 Å². The number of carbonyl (C=O) groups excluding carboxylic acids is 2. The largest absolute Gasteiger partial charge is 0.459 e. The Kier molecular flexibility index (Phi) is 5.58. The fourth-order valence-corrected chi connectivity index (χ4v) is 1.18. The third kappa shape index (κ3) is 4.71. The van der Waals surface area contributed by atoms with Gasteiger partial charge >= 0.3 is 11.9 Å². The summed E-state index contributed by atoms with van der Waals surface area (Å²) in [5.74, 6) is -0.950. The lowest BCUT2D eigenvalue weighted by Crippen LogP contribution is -2.12. The van der Waals surface area contributed by atoms with E-state index in [4.69, 9.17) is 14.2 Å². The van der Waals surface area contributed by atoms with Gasteiger partial charge < -0.3 is 14.2 Å². The second kappa shape index (κ2) is 6.96. The molecule has 1 aliphatic heterocycles. The predicted octanol–water partition coefficient (Wildman–Crippen LogP) is 1.73. The Morgan fingerprint density at radius 2 is 2.06 bits per heavy atom. The Bertz CT molecular complexity index is 377. The number of epoxide rings is 1. The van der Waals surface area contributed by atoms with E-state index in [1.54, 1.807) is 13.0 Å². The topological polar surface area (TPSA) is 65.1 Å². The van der Waals surface area contributed by atoms with E-state index < -0.39 is 11.9 Å². The molecular formula is C13H18O5. The average molecular weight is 254 g/mol. The average Bonchev–Trinajstić information content (AvgIpc) is 3.18. The molecule has 1 atom stereocenters. The van der Waals surface area contributed by atoms with Crippen LogP contribution in [0.2, 0.25) is 0 Å². The summed E-state index contributed by atoms with van der Waals surface area (Å²) in [5, 5.41) is 0. The molecule has 5 nitrogen and oxygen atoms in total. The summed E-state index contributed by atoms with van der Waals surface area (Å²) in [7, 11) is 0. The van der Waals surface area contributed by atoms with Crippen molar-refractivity contribution in [2.24, 2.45) is 0 Å². The smallest absolute Gasteiger partial charge is 0.338 e. The number of rotatable bonds is 6. The van der Waals surface area contributed by atoms with Gasteiger partial charge in [-0.05, 0) is 20.3 Å². The minimum atomic E-state index is -0.503. The molecule has 5 heteroatoms. The van der Waals surface area contributed by atoms with Crippen LogP contribution in [0.15, 0.2) is 23.5 Å². The van der Waals surface area contributed by atoms with Crippen molar-refractivity contribution in [3.05, 3.63) is 23.5 Å². The first-order valence-corrected chi connectivity index (χ1v) is 5.90. The van der Waals surface area contributed by atoms with Crippen LogP contribution in [-0.4, -0.2) is 31.3 Å². The molecular weight excluding hydrogens is 236 g/mol. The number of carbonyl (C=O) groups is 2. The predicted molar refractivity (Wildman–Crippen MR) is 64.6 cm³/mol. The van der Waals surface area contributed by atoms with Crippen LogP contribution in [0.1, 0.15) is 27.2 Å². The van der Waals surface area contributed by atoms with Crippen LogP contribution in [0, 0.1) is 0 Å². The van der Waals surface area contributed by atoms with Crippen molar-refractivity contribution in [1.82, 2.24) is 0 Å². The summed E-state index contributed by atoms with van der Waals surface area (Å²) in [4.78, 5) is 22.9. The van der Waals surface area contributed by atoms with Gasteiger partial charge in [0.1, 0.15) is 19.0 Å². The summed E-state index contributed by atoms with van der Waals surface area (Å²) in [6, 6.07) is 0. The third-order valence-corrected chi connectivity index (χ3v) is 2.46. The third-order valence-electron chi connectivity index (χ3n) is 2.46. The second-order valence-electron chi connectivity index (χ2n) is 3.93. The van der Waals surface area contributed by atoms with Crippen LogP contribution >= 0.6 is 0 Å². The number of esters is 2. The monoisotopic (exact) mass is 254 g/mol. The molecule has 0 spiro atoms. The van der Waals surface area contributed by atoms with Gasteiger partial charge in [0.15, 0.2) is 0 Å². The minimum Gasteiger partial charge on any atom is -0.459 e. The quantitative estimate of drug-likeness (QED) is 0.312. The first-order chi connectivity index (χ1) is 8.58. The molecule has 1 saturated heterocycles. The fourth-order valence-electron chi connectivity index (χ4n) is 1.18. The van der Waals surface area contributed by atoms with Crippen LogP contribution in [0.4, 0.5) is 0 Å². The number of allylic oxidation sites excluding steroid dienone is 1. The summed E-state index contributed by atoms with van der Waals surface area (Å²) in [5.41, 5.74) is 0.814. The lowest BCUT2D eigenvalue weighted by molar-refractivity contribution is -0.139. The zero-order chi connectivity index (χ0) is 13.5. The summed E-state index contributed by atoms with van der Waals surface area (Å²) in [6.07, 6.45) is 3.43. The molecule has 18 heavy (non-hydrogen) atoms. The van der Waals surface area contributed by atoms with Gasteiger partial charge in [0.25, 0.3) is 0 Å². The second-order valence-corrected chi connectivity index (χ2v) is 3.93. The Balaban J connectivity index is 2.39. The zero-order valence-electron chi connectivity index (χ0n) is 10.9. The maximum atomic E-state index is 11.5. The Morgan fingerprint density at radius 3 is 2.56 bits per heavy atom. The molecule has 100 valence electrons. The highest BCUT2D eigenvalue weighted by atomic mass is 16.6. The van der Waals surface area contributed by atoms with Crippen molar-refractivity contribution in [3.8, 4) is 0 Å². The number of ether oxygens (including phenoxy) is 3. The van der Waals surface area contributed by atoms with Crippen molar-refractivity contribution in [1.29, 1.82) is 0 Å². The van der Waals surface area contributed by atoms with E-state index in [1.165, 1.54) is 6.92 Å². The first-order valence-electron chi connectivity index (χ1n) is 5.90. The molecule has 0 aliphatic carbocycles. The van der Waals surface area contributed by atoms with Gasteiger partial charge in [-0.25, -0.2) is 9.59 Å². The van der Waals surface area contributed by atoms with Gasteiger partial charge in [-0.3, -0.25) is 0 Å². The van der Waals surface area contributed by atoms with Gasteiger partial charge in [0.2, 0.25) is 0 Å². The molecule has 0 saturated carbocycles. The lowest BCUT2D eigenvalue weighted by Gasteiger charge is -2.04.